The van der Waals surface area contributed by atoms with E-state index in [0.29, 0.717) is 25.3 Å². The quantitative estimate of drug-likeness (QED) is 0.739. The van der Waals surface area contributed by atoms with Gasteiger partial charge < -0.3 is 16.0 Å². The minimum Gasteiger partial charge on any atom is -0.353 e. The van der Waals surface area contributed by atoms with Gasteiger partial charge in [-0.25, -0.2) is 0 Å². The molecule has 20 heavy (non-hydrogen) atoms. The Kier molecular flexibility index (Phi) is 7.59. The molecule has 1 heterocycles. The van der Waals surface area contributed by atoms with Crippen molar-refractivity contribution in [3.05, 3.63) is 0 Å². The number of amides is 2. The molecule has 0 aromatic rings. The molecule has 5 heteroatoms. The maximum atomic E-state index is 12.1. The van der Waals surface area contributed by atoms with Gasteiger partial charge in [0.25, 0.3) is 0 Å². The highest BCUT2D eigenvalue weighted by Gasteiger charge is 2.23. The van der Waals surface area contributed by atoms with Gasteiger partial charge in [0.2, 0.25) is 11.8 Å². The fourth-order valence-electron chi connectivity index (χ4n) is 2.56. The highest BCUT2D eigenvalue weighted by atomic mass is 16.2. The van der Waals surface area contributed by atoms with Gasteiger partial charge in [-0.1, -0.05) is 13.8 Å². The number of nitrogens with one attached hydrogen (secondary N) is 1. The third-order valence-electron chi connectivity index (χ3n) is 4.04. The Balaban J connectivity index is 2.23. The van der Waals surface area contributed by atoms with Crippen LogP contribution in [0.1, 0.15) is 52.4 Å². The molecule has 1 aliphatic heterocycles. The number of nitrogens with two attached hydrogens (primary N) is 1. The summed E-state index contributed by atoms with van der Waals surface area (Å²) in [4.78, 5) is 25.4. The third kappa shape index (κ3) is 5.90. The molecule has 0 aliphatic carbocycles. The van der Waals surface area contributed by atoms with Crippen molar-refractivity contribution in [2.45, 2.75) is 58.4 Å². The molecule has 1 aliphatic rings. The molecule has 2 amide bonds. The largest absolute Gasteiger partial charge is 0.353 e. The van der Waals surface area contributed by atoms with Crippen LogP contribution in [0, 0.1) is 5.92 Å². The normalized spacial score (nSPS) is 17.9. The van der Waals surface area contributed by atoms with E-state index in [2.05, 4.69) is 12.2 Å². The van der Waals surface area contributed by atoms with Gasteiger partial charge in [0, 0.05) is 32.0 Å². The van der Waals surface area contributed by atoms with E-state index in [1.54, 1.807) is 0 Å². The van der Waals surface area contributed by atoms with E-state index in [9.17, 15) is 9.59 Å². The zero-order valence-electron chi connectivity index (χ0n) is 12.9. The lowest BCUT2D eigenvalue weighted by molar-refractivity contribution is -0.132. The Morgan fingerprint density at radius 2 is 1.95 bits per heavy atom. The second kappa shape index (κ2) is 8.95. The highest BCUT2D eigenvalue weighted by molar-refractivity contribution is 5.77. The van der Waals surface area contributed by atoms with Crippen molar-refractivity contribution in [1.82, 2.24) is 10.2 Å². The lowest BCUT2D eigenvalue weighted by Crippen LogP contribution is -2.46. The molecule has 3 N–H and O–H groups in total. The van der Waals surface area contributed by atoms with Gasteiger partial charge in [0.15, 0.2) is 0 Å². The average Bonchev–Trinajstić information content (AvgIpc) is 2.45. The molecule has 1 unspecified atom stereocenters. The van der Waals surface area contributed by atoms with E-state index in [-0.39, 0.29) is 17.9 Å². The number of hydrogen-bond donors (Lipinski definition) is 2. The van der Waals surface area contributed by atoms with Crippen LogP contribution in [-0.4, -0.2) is 42.4 Å². The number of piperidine rings is 1. The molecule has 116 valence electrons. The zero-order chi connectivity index (χ0) is 15.0. The summed E-state index contributed by atoms with van der Waals surface area (Å²) in [7, 11) is 0. The topological polar surface area (TPSA) is 75.4 Å². The Morgan fingerprint density at radius 3 is 2.50 bits per heavy atom. The van der Waals surface area contributed by atoms with Crippen LogP contribution in [0.5, 0.6) is 0 Å². The SMILES string of the molecule is CCC(=O)NC1CCN(C(=O)CCC(C)CCN)CC1. The Morgan fingerprint density at radius 1 is 1.30 bits per heavy atom. The van der Waals surface area contributed by atoms with Crippen molar-refractivity contribution in [3.8, 4) is 0 Å². The van der Waals surface area contributed by atoms with Crippen molar-refractivity contribution < 1.29 is 9.59 Å². The van der Waals surface area contributed by atoms with Crippen molar-refractivity contribution in [2.24, 2.45) is 11.7 Å². The number of carbonyl (C=O) groups excluding carboxylic acids is 2. The lowest BCUT2D eigenvalue weighted by atomic mass is 10.00. The average molecular weight is 283 g/mol. The van der Waals surface area contributed by atoms with E-state index < -0.39 is 0 Å². The third-order valence-corrected chi connectivity index (χ3v) is 4.04. The molecule has 1 atom stereocenters. The van der Waals surface area contributed by atoms with E-state index in [1.165, 1.54) is 0 Å². The van der Waals surface area contributed by atoms with Gasteiger partial charge in [-0.05, 0) is 38.1 Å². The van der Waals surface area contributed by atoms with E-state index in [4.69, 9.17) is 5.73 Å². The number of rotatable bonds is 7. The van der Waals surface area contributed by atoms with Crippen LogP contribution < -0.4 is 11.1 Å². The van der Waals surface area contributed by atoms with Crippen LogP contribution in [-0.2, 0) is 9.59 Å². The summed E-state index contributed by atoms with van der Waals surface area (Å²) >= 11 is 0. The second-order valence-electron chi connectivity index (χ2n) is 5.80. The molecular formula is C15H29N3O2. The number of likely N-dealkylation sites (tertiary alicyclic amines) is 1. The van der Waals surface area contributed by atoms with E-state index >= 15 is 0 Å². The summed E-state index contributed by atoms with van der Waals surface area (Å²) in [6.45, 7) is 6.22. The van der Waals surface area contributed by atoms with Crippen LogP contribution in [0.15, 0.2) is 0 Å². The Hall–Kier alpha value is -1.10. The Labute approximate surface area is 122 Å². The minimum absolute atomic E-state index is 0.102. The summed E-state index contributed by atoms with van der Waals surface area (Å²) in [5.74, 6) is 0.866. The smallest absolute Gasteiger partial charge is 0.222 e. The van der Waals surface area contributed by atoms with E-state index in [0.717, 1.165) is 38.8 Å². The summed E-state index contributed by atoms with van der Waals surface area (Å²) < 4.78 is 0. The van der Waals surface area contributed by atoms with Crippen molar-refractivity contribution >= 4 is 11.8 Å². The van der Waals surface area contributed by atoms with Crippen LogP contribution in [0.3, 0.4) is 0 Å². The number of hydrogen-bond acceptors (Lipinski definition) is 3. The van der Waals surface area contributed by atoms with Crippen LogP contribution >= 0.6 is 0 Å². The summed E-state index contributed by atoms with van der Waals surface area (Å²) in [6, 6.07) is 0.239. The van der Waals surface area contributed by atoms with Gasteiger partial charge in [-0.3, -0.25) is 9.59 Å². The van der Waals surface area contributed by atoms with Crippen molar-refractivity contribution in [3.63, 3.8) is 0 Å². The first-order valence-electron chi connectivity index (χ1n) is 7.84. The standard InChI is InChI=1S/C15H29N3O2/c1-3-14(19)17-13-7-10-18(11-8-13)15(20)5-4-12(2)6-9-16/h12-13H,3-11,16H2,1-2H3,(H,17,19). The van der Waals surface area contributed by atoms with Crippen LogP contribution in [0.2, 0.25) is 0 Å². The van der Waals surface area contributed by atoms with Crippen molar-refractivity contribution in [2.75, 3.05) is 19.6 Å². The molecule has 5 nitrogen and oxygen atoms in total. The molecule has 1 rings (SSSR count). The molecule has 0 aromatic heterocycles. The van der Waals surface area contributed by atoms with Gasteiger partial charge in [-0.2, -0.15) is 0 Å². The molecule has 0 bridgehead atoms. The maximum Gasteiger partial charge on any atom is 0.222 e. The molecule has 1 saturated heterocycles. The summed E-state index contributed by atoms with van der Waals surface area (Å²) in [5, 5.41) is 3.00. The monoisotopic (exact) mass is 283 g/mol. The Bertz CT molecular complexity index is 312. The van der Waals surface area contributed by atoms with Gasteiger partial charge in [0.1, 0.15) is 0 Å². The lowest BCUT2D eigenvalue weighted by Gasteiger charge is -2.32. The first kappa shape index (κ1) is 17.0. The van der Waals surface area contributed by atoms with Gasteiger partial charge in [-0.15, -0.1) is 0 Å². The first-order chi connectivity index (χ1) is 9.56. The van der Waals surface area contributed by atoms with Crippen LogP contribution in [0.4, 0.5) is 0 Å². The zero-order valence-corrected chi connectivity index (χ0v) is 12.9. The molecule has 0 radical (unpaired) electrons. The van der Waals surface area contributed by atoms with Crippen LogP contribution in [0.25, 0.3) is 0 Å². The van der Waals surface area contributed by atoms with Gasteiger partial charge in [0.05, 0.1) is 0 Å². The van der Waals surface area contributed by atoms with Gasteiger partial charge >= 0.3 is 0 Å². The first-order valence-corrected chi connectivity index (χ1v) is 7.84. The summed E-state index contributed by atoms with van der Waals surface area (Å²) in [5.41, 5.74) is 5.52. The fraction of sp³-hybridized carbons (Fsp3) is 0.867. The predicted octanol–water partition coefficient (Wildman–Crippen LogP) is 1.27. The maximum absolute atomic E-state index is 12.1. The molecule has 1 fully saturated rings. The summed E-state index contributed by atoms with van der Waals surface area (Å²) in [6.07, 6.45) is 4.79. The molecule has 0 aromatic carbocycles. The van der Waals surface area contributed by atoms with Crippen molar-refractivity contribution in [1.29, 1.82) is 0 Å². The fourth-order valence-corrected chi connectivity index (χ4v) is 2.56. The molecular weight excluding hydrogens is 254 g/mol. The minimum atomic E-state index is 0.102. The second-order valence-corrected chi connectivity index (χ2v) is 5.80. The predicted molar refractivity (Wildman–Crippen MR) is 80.1 cm³/mol. The highest BCUT2D eigenvalue weighted by Crippen LogP contribution is 2.15. The molecule has 0 spiro atoms. The van der Waals surface area contributed by atoms with E-state index in [1.807, 2.05) is 11.8 Å². The number of carbonyl (C=O) groups is 2. The number of nitrogens with zero attached hydrogens (tertiary/aromatic N) is 1. The molecule has 0 saturated carbocycles.